The van der Waals surface area contributed by atoms with E-state index < -0.39 is 0 Å². The zero-order chi connectivity index (χ0) is 12.1. The van der Waals surface area contributed by atoms with E-state index in [9.17, 15) is 0 Å². The molecule has 0 saturated heterocycles. The van der Waals surface area contributed by atoms with Crippen molar-refractivity contribution in [3.8, 4) is 0 Å². The first-order valence-electron chi connectivity index (χ1n) is 7.71. The van der Waals surface area contributed by atoms with Gasteiger partial charge in [-0.2, -0.15) is 0 Å². The molecule has 100 valence electrons. The fourth-order valence-corrected chi connectivity index (χ4v) is 3.62. The third-order valence-electron chi connectivity index (χ3n) is 4.99. The van der Waals surface area contributed by atoms with Crippen LogP contribution in [0.2, 0.25) is 0 Å². The molecule has 2 aliphatic carbocycles. The molecule has 0 bridgehead atoms. The van der Waals surface area contributed by atoms with Gasteiger partial charge in [-0.25, -0.2) is 0 Å². The van der Waals surface area contributed by atoms with E-state index in [2.05, 4.69) is 24.2 Å². The number of nitrogens with zero attached hydrogens (tertiary/aromatic N) is 1. The van der Waals surface area contributed by atoms with Crippen molar-refractivity contribution in [3.63, 3.8) is 0 Å². The number of hydrogen-bond acceptors (Lipinski definition) is 2. The van der Waals surface area contributed by atoms with Crippen LogP contribution in [-0.4, -0.2) is 37.1 Å². The molecule has 2 fully saturated rings. The third-order valence-corrected chi connectivity index (χ3v) is 4.99. The van der Waals surface area contributed by atoms with Crippen molar-refractivity contribution in [2.45, 2.75) is 70.4 Å². The van der Waals surface area contributed by atoms with Crippen LogP contribution in [0.3, 0.4) is 0 Å². The quantitative estimate of drug-likeness (QED) is 0.765. The topological polar surface area (TPSA) is 15.3 Å². The summed E-state index contributed by atoms with van der Waals surface area (Å²) in [6, 6.07) is 1.60. The summed E-state index contributed by atoms with van der Waals surface area (Å²) in [7, 11) is 2.30. The van der Waals surface area contributed by atoms with E-state index in [1.54, 1.807) is 0 Å². The standard InChI is InChI=1S/C15H30N2/c1-13(14-7-3-4-8-14)16-11-12-17(2)15-9-5-6-10-15/h13-16H,3-12H2,1-2H3. The molecular weight excluding hydrogens is 208 g/mol. The van der Waals surface area contributed by atoms with Crippen LogP contribution in [-0.2, 0) is 0 Å². The Hall–Kier alpha value is -0.0800. The van der Waals surface area contributed by atoms with Crippen LogP contribution >= 0.6 is 0 Å². The zero-order valence-electron chi connectivity index (χ0n) is 11.8. The van der Waals surface area contributed by atoms with Gasteiger partial charge in [-0.1, -0.05) is 25.7 Å². The molecule has 0 radical (unpaired) electrons. The Labute approximate surface area is 107 Å². The molecular formula is C15H30N2. The highest BCUT2D eigenvalue weighted by Gasteiger charge is 2.22. The lowest BCUT2D eigenvalue weighted by molar-refractivity contribution is 0.237. The molecule has 1 N–H and O–H groups in total. The highest BCUT2D eigenvalue weighted by molar-refractivity contribution is 4.79. The average Bonchev–Trinajstić information content (AvgIpc) is 3.02. The molecule has 0 aliphatic heterocycles. The Bertz CT molecular complexity index is 183. The van der Waals surface area contributed by atoms with Gasteiger partial charge in [-0.3, -0.25) is 0 Å². The largest absolute Gasteiger partial charge is 0.313 e. The molecule has 0 aromatic heterocycles. The number of rotatable bonds is 6. The summed E-state index contributed by atoms with van der Waals surface area (Å²) in [6.45, 7) is 4.78. The maximum atomic E-state index is 3.74. The van der Waals surface area contributed by atoms with Crippen LogP contribution in [0.1, 0.15) is 58.3 Å². The second-order valence-corrected chi connectivity index (χ2v) is 6.21. The molecule has 2 rings (SSSR count). The Balaban J connectivity index is 1.58. The van der Waals surface area contributed by atoms with E-state index in [0.717, 1.165) is 18.0 Å². The van der Waals surface area contributed by atoms with Gasteiger partial charge in [0.2, 0.25) is 0 Å². The van der Waals surface area contributed by atoms with Gasteiger partial charge in [0, 0.05) is 25.2 Å². The Morgan fingerprint density at radius 3 is 2.29 bits per heavy atom. The Morgan fingerprint density at radius 2 is 1.65 bits per heavy atom. The Morgan fingerprint density at radius 1 is 1.06 bits per heavy atom. The summed E-state index contributed by atoms with van der Waals surface area (Å²) in [5, 5.41) is 3.74. The molecule has 1 unspecified atom stereocenters. The monoisotopic (exact) mass is 238 g/mol. The van der Waals surface area contributed by atoms with E-state index in [-0.39, 0.29) is 0 Å². The Kier molecular flexibility index (Phi) is 5.30. The van der Waals surface area contributed by atoms with Gasteiger partial charge >= 0.3 is 0 Å². The van der Waals surface area contributed by atoms with Gasteiger partial charge in [0.15, 0.2) is 0 Å². The number of hydrogen-bond donors (Lipinski definition) is 1. The summed E-state index contributed by atoms with van der Waals surface area (Å²) >= 11 is 0. The molecule has 0 spiro atoms. The van der Waals surface area contributed by atoms with Crippen LogP contribution in [0.15, 0.2) is 0 Å². The molecule has 2 aliphatic rings. The SMILES string of the molecule is CC(NCCN(C)C1CCCC1)C1CCCC1. The minimum absolute atomic E-state index is 0.731. The summed E-state index contributed by atoms with van der Waals surface area (Å²) in [6.07, 6.45) is 11.6. The summed E-state index contributed by atoms with van der Waals surface area (Å²) in [4.78, 5) is 2.57. The molecule has 1 atom stereocenters. The normalized spacial score (nSPS) is 24.9. The maximum absolute atomic E-state index is 3.74. The molecule has 17 heavy (non-hydrogen) atoms. The lowest BCUT2D eigenvalue weighted by Crippen LogP contribution is -2.40. The molecule has 0 heterocycles. The van der Waals surface area contributed by atoms with E-state index in [0.29, 0.717) is 0 Å². The van der Waals surface area contributed by atoms with Gasteiger partial charge in [0.25, 0.3) is 0 Å². The minimum Gasteiger partial charge on any atom is -0.313 e. The first-order chi connectivity index (χ1) is 8.27. The van der Waals surface area contributed by atoms with E-state index >= 15 is 0 Å². The van der Waals surface area contributed by atoms with Crippen molar-refractivity contribution >= 4 is 0 Å². The van der Waals surface area contributed by atoms with Crippen LogP contribution < -0.4 is 5.32 Å². The van der Waals surface area contributed by atoms with Crippen LogP contribution in [0.4, 0.5) is 0 Å². The fourth-order valence-electron chi connectivity index (χ4n) is 3.62. The van der Waals surface area contributed by atoms with Gasteiger partial charge in [0.1, 0.15) is 0 Å². The van der Waals surface area contributed by atoms with Crippen LogP contribution in [0, 0.1) is 5.92 Å². The number of likely N-dealkylation sites (N-methyl/N-ethyl adjacent to an activating group) is 1. The van der Waals surface area contributed by atoms with Gasteiger partial charge in [0.05, 0.1) is 0 Å². The highest BCUT2D eigenvalue weighted by Crippen LogP contribution is 2.27. The van der Waals surface area contributed by atoms with Crippen molar-refractivity contribution in [3.05, 3.63) is 0 Å². The smallest absolute Gasteiger partial charge is 0.0107 e. The van der Waals surface area contributed by atoms with Crippen molar-refractivity contribution in [1.29, 1.82) is 0 Å². The van der Waals surface area contributed by atoms with Crippen LogP contribution in [0.25, 0.3) is 0 Å². The van der Waals surface area contributed by atoms with Crippen molar-refractivity contribution in [2.24, 2.45) is 5.92 Å². The molecule has 2 nitrogen and oxygen atoms in total. The van der Waals surface area contributed by atoms with Gasteiger partial charge in [-0.05, 0) is 45.6 Å². The van der Waals surface area contributed by atoms with E-state index in [1.165, 1.54) is 64.5 Å². The van der Waals surface area contributed by atoms with Crippen molar-refractivity contribution < 1.29 is 0 Å². The predicted octanol–water partition coefficient (Wildman–Crippen LogP) is 3.03. The molecule has 2 saturated carbocycles. The second kappa shape index (κ2) is 6.75. The van der Waals surface area contributed by atoms with E-state index in [4.69, 9.17) is 0 Å². The van der Waals surface area contributed by atoms with Gasteiger partial charge < -0.3 is 10.2 Å². The third kappa shape index (κ3) is 3.96. The van der Waals surface area contributed by atoms with E-state index in [1.807, 2.05) is 0 Å². The summed E-state index contributed by atoms with van der Waals surface area (Å²) in [5.41, 5.74) is 0. The molecule has 2 heteroatoms. The average molecular weight is 238 g/mol. The lowest BCUT2D eigenvalue weighted by atomic mass is 10.00. The maximum Gasteiger partial charge on any atom is 0.0107 e. The molecule has 0 aromatic carbocycles. The van der Waals surface area contributed by atoms with Crippen LogP contribution in [0.5, 0.6) is 0 Å². The lowest BCUT2D eigenvalue weighted by Gasteiger charge is -2.26. The number of nitrogens with one attached hydrogen (secondary N) is 1. The molecule has 0 amide bonds. The first kappa shape index (κ1) is 13.4. The first-order valence-corrected chi connectivity index (χ1v) is 7.71. The summed E-state index contributed by atoms with van der Waals surface area (Å²) in [5.74, 6) is 0.951. The molecule has 0 aromatic rings. The van der Waals surface area contributed by atoms with Crippen molar-refractivity contribution in [2.75, 3.05) is 20.1 Å². The highest BCUT2D eigenvalue weighted by atomic mass is 15.1. The predicted molar refractivity (Wildman–Crippen MR) is 74.3 cm³/mol. The fraction of sp³-hybridized carbons (Fsp3) is 1.00. The minimum atomic E-state index is 0.731. The second-order valence-electron chi connectivity index (χ2n) is 6.21. The van der Waals surface area contributed by atoms with Gasteiger partial charge in [-0.15, -0.1) is 0 Å². The van der Waals surface area contributed by atoms with Crippen molar-refractivity contribution in [1.82, 2.24) is 10.2 Å². The zero-order valence-corrected chi connectivity index (χ0v) is 11.8. The summed E-state index contributed by atoms with van der Waals surface area (Å²) < 4.78 is 0.